The predicted octanol–water partition coefficient (Wildman–Crippen LogP) is 4.11. The highest BCUT2D eigenvalue weighted by atomic mass is 127. The van der Waals surface area contributed by atoms with Crippen LogP contribution in [0.25, 0.3) is 5.57 Å². The molecule has 0 aromatic carbocycles. The summed E-state index contributed by atoms with van der Waals surface area (Å²) in [4.78, 5) is 18.0. The summed E-state index contributed by atoms with van der Waals surface area (Å²) < 4.78 is 0.908. The highest BCUT2D eigenvalue weighted by Crippen LogP contribution is 2.25. The number of aromatic nitrogens is 1. The van der Waals surface area contributed by atoms with E-state index in [1.54, 1.807) is 0 Å². The van der Waals surface area contributed by atoms with Gasteiger partial charge in [-0.15, -0.1) is 0 Å². The molecule has 0 N–H and O–H groups in total. The molecule has 120 valence electrons. The standard InChI is InChI=1S/C19H21IN2O/c1-14-4-2-3-5-16(14)12-22-10-8-15(9-11-22)18-7-6-17(20)19(13-23)21-18/h2-3,5-8,13-14H,4,9-12H2,1H3. The lowest BCUT2D eigenvalue weighted by molar-refractivity contribution is 0.111. The molecule has 0 radical (unpaired) electrons. The van der Waals surface area contributed by atoms with Gasteiger partial charge in [-0.3, -0.25) is 9.69 Å². The summed E-state index contributed by atoms with van der Waals surface area (Å²) in [6.45, 7) is 5.35. The van der Waals surface area contributed by atoms with Crippen LogP contribution in [0.5, 0.6) is 0 Å². The van der Waals surface area contributed by atoms with Crippen LogP contribution >= 0.6 is 22.6 Å². The third-order valence-electron chi connectivity index (χ3n) is 4.58. The van der Waals surface area contributed by atoms with E-state index in [9.17, 15) is 4.79 Å². The van der Waals surface area contributed by atoms with Crippen LogP contribution in [0.4, 0.5) is 0 Å². The smallest absolute Gasteiger partial charge is 0.169 e. The lowest BCUT2D eigenvalue weighted by Gasteiger charge is -2.29. The molecular weight excluding hydrogens is 399 g/mol. The molecule has 2 heterocycles. The fourth-order valence-corrected chi connectivity index (χ4v) is 3.49. The Morgan fingerprint density at radius 3 is 3.00 bits per heavy atom. The summed E-state index contributed by atoms with van der Waals surface area (Å²) in [5.74, 6) is 0.651. The van der Waals surface area contributed by atoms with Gasteiger partial charge >= 0.3 is 0 Å². The minimum absolute atomic E-state index is 0.541. The number of hydrogen-bond acceptors (Lipinski definition) is 3. The summed E-state index contributed by atoms with van der Waals surface area (Å²) in [6, 6.07) is 3.99. The second-order valence-corrected chi connectivity index (χ2v) is 7.36. The second-order valence-electron chi connectivity index (χ2n) is 6.20. The number of carbonyl (C=O) groups excluding carboxylic acids is 1. The number of halogens is 1. The Labute approximate surface area is 151 Å². The third-order valence-corrected chi connectivity index (χ3v) is 5.49. The maximum Gasteiger partial charge on any atom is 0.169 e. The van der Waals surface area contributed by atoms with Gasteiger partial charge in [-0.25, -0.2) is 4.98 Å². The fraction of sp³-hybridized carbons (Fsp3) is 0.368. The minimum atomic E-state index is 0.541. The lowest BCUT2D eigenvalue weighted by Crippen LogP contribution is -2.32. The van der Waals surface area contributed by atoms with Crippen molar-refractivity contribution in [3.05, 3.63) is 57.0 Å². The number of carbonyl (C=O) groups is 1. The van der Waals surface area contributed by atoms with Crippen molar-refractivity contribution < 1.29 is 4.79 Å². The van der Waals surface area contributed by atoms with Gasteiger partial charge in [0.2, 0.25) is 0 Å². The molecule has 1 atom stereocenters. The zero-order valence-electron chi connectivity index (χ0n) is 13.3. The van der Waals surface area contributed by atoms with Crippen LogP contribution in [-0.2, 0) is 0 Å². The Morgan fingerprint density at radius 1 is 1.43 bits per heavy atom. The van der Waals surface area contributed by atoms with E-state index >= 15 is 0 Å². The van der Waals surface area contributed by atoms with E-state index in [0.29, 0.717) is 11.6 Å². The van der Waals surface area contributed by atoms with Crippen molar-refractivity contribution in [3.63, 3.8) is 0 Å². The molecule has 0 spiro atoms. The molecule has 0 bridgehead atoms. The first-order valence-corrected chi connectivity index (χ1v) is 9.14. The van der Waals surface area contributed by atoms with Gasteiger partial charge in [0.15, 0.2) is 6.29 Å². The largest absolute Gasteiger partial charge is 0.296 e. The van der Waals surface area contributed by atoms with Gasteiger partial charge in [-0.2, -0.15) is 0 Å². The zero-order chi connectivity index (χ0) is 16.2. The Bertz CT molecular complexity index is 691. The fourth-order valence-electron chi connectivity index (χ4n) is 3.06. The predicted molar refractivity (Wildman–Crippen MR) is 102 cm³/mol. The topological polar surface area (TPSA) is 33.2 Å². The van der Waals surface area contributed by atoms with Crippen molar-refractivity contribution in [2.75, 3.05) is 19.6 Å². The van der Waals surface area contributed by atoms with Gasteiger partial charge in [-0.1, -0.05) is 36.8 Å². The van der Waals surface area contributed by atoms with E-state index in [4.69, 9.17) is 0 Å². The molecule has 1 unspecified atom stereocenters. The molecule has 23 heavy (non-hydrogen) atoms. The Morgan fingerprint density at radius 2 is 2.30 bits per heavy atom. The average molecular weight is 420 g/mol. The van der Waals surface area contributed by atoms with Gasteiger partial charge in [0.05, 0.1) is 5.69 Å². The van der Waals surface area contributed by atoms with E-state index < -0.39 is 0 Å². The average Bonchev–Trinajstić information content (AvgIpc) is 2.58. The summed E-state index contributed by atoms with van der Waals surface area (Å²) in [6.07, 6.45) is 11.9. The molecular formula is C19H21IN2O. The first kappa shape index (κ1) is 16.6. The maximum atomic E-state index is 11.1. The van der Waals surface area contributed by atoms with E-state index in [1.165, 1.54) is 11.1 Å². The van der Waals surface area contributed by atoms with Crippen molar-refractivity contribution >= 4 is 34.5 Å². The maximum absolute atomic E-state index is 11.1. The Kier molecular flexibility index (Phi) is 5.43. The SMILES string of the molecule is CC1CC=CC=C1CN1CC=C(c2ccc(I)c(C=O)n2)CC1. The minimum Gasteiger partial charge on any atom is -0.296 e. The zero-order valence-corrected chi connectivity index (χ0v) is 15.5. The third kappa shape index (κ3) is 3.98. The van der Waals surface area contributed by atoms with Gasteiger partial charge in [0, 0.05) is 23.2 Å². The van der Waals surface area contributed by atoms with Gasteiger partial charge in [0.25, 0.3) is 0 Å². The molecule has 3 nitrogen and oxygen atoms in total. The second kappa shape index (κ2) is 7.53. The van der Waals surface area contributed by atoms with Crippen LogP contribution in [0.1, 0.15) is 35.9 Å². The summed E-state index contributed by atoms with van der Waals surface area (Å²) in [5.41, 5.74) is 4.27. The van der Waals surface area contributed by atoms with E-state index in [-0.39, 0.29) is 0 Å². The molecule has 2 aliphatic rings. The first-order chi connectivity index (χ1) is 11.2. The normalized spacial score (nSPS) is 21.7. The number of aldehydes is 1. The van der Waals surface area contributed by atoms with Crippen LogP contribution in [0.3, 0.4) is 0 Å². The quantitative estimate of drug-likeness (QED) is 0.543. The molecule has 0 saturated heterocycles. The van der Waals surface area contributed by atoms with Crippen LogP contribution in [0.15, 0.2) is 42.0 Å². The monoisotopic (exact) mass is 420 g/mol. The van der Waals surface area contributed by atoms with E-state index in [2.05, 4.69) is 63.7 Å². The molecule has 4 heteroatoms. The number of nitrogens with zero attached hydrogens (tertiary/aromatic N) is 2. The van der Waals surface area contributed by atoms with Gasteiger partial charge in [-0.05, 0) is 59.1 Å². The summed E-state index contributed by atoms with van der Waals surface area (Å²) in [5, 5.41) is 0. The molecule has 1 aliphatic heterocycles. The van der Waals surface area contributed by atoms with Crippen molar-refractivity contribution in [3.8, 4) is 0 Å². The van der Waals surface area contributed by atoms with Crippen LogP contribution in [-0.4, -0.2) is 35.8 Å². The number of allylic oxidation sites excluding steroid dienone is 3. The number of pyridine rings is 1. The van der Waals surface area contributed by atoms with Crippen LogP contribution in [0.2, 0.25) is 0 Å². The molecule has 0 fully saturated rings. The molecule has 1 aromatic heterocycles. The summed E-state index contributed by atoms with van der Waals surface area (Å²) >= 11 is 2.15. The number of hydrogen-bond donors (Lipinski definition) is 0. The van der Waals surface area contributed by atoms with E-state index in [1.807, 2.05) is 12.1 Å². The Balaban J connectivity index is 1.67. The molecule has 0 saturated carbocycles. The Hall–Kier alpha value is -1.27. The van der Waals surface area contributed by atoms with Crippen molar-refractivity contribution in [2.24, 2.45) is 5.92 Å². The van der Waals surface area contributed by atoms with Gasteiger partial charge in [0.1, 0.15) is 5.69 Å². The summed E-state index contributed by atoms with van der Waals surface area (Å²) in [7, 11) is 0. The van der Waals surface area contributed by atoms with Crippen molar-refractivity contribution in [1.82, 2.24) is 9.88 Å². The van der Waals surface area contributed by atoms with Crippen LogP contribution < -0.4 is 0 Å². The first-order valence-electron chi connectivity index (χ1n) is 8.06. The highest BCUT2D eigenvalue weighted by Gasteiger charge is 2.18. The number of rotatable bonds is 4. The molecule has 3 rings (SSSR count). The van der Waals surface area contributed by atoms with Crippen molar-refractivity contribution in [2.45, 2.75) is 19.8 Å². The lowest BCUT2D eigenvalue weighted by atomic mass is 9.92. The van der Waals surface area contributed by atoms with Crippen LogP contribution in [0, 0.1) is 9.49 Å². The van der Waals surface area contributed by atoms with Crippen molar-refractivity contribution in [1.29, 1.82) is 0 Å². The molecule has 1 aromatic rings. The molecule has 0 amide bonds. The molecule has 1 aliphatic carbocycles. The van der Waals surface area contributed by atoms with E-state index in [0.717, 1.165) is 48.0 Å². The highest BCUT2D eigenvalue weighted by molar-refractivity contribution is 14.1. The van der Waals surface area contributed by atoms with Gasteiger partial charge < -0.3 is 0 Å².